The summed E-state index contributed by atoms with van der Waals surface area (Å²) in [7, 11) is 0. The van der Waals surface area contributed by atoms with Crippen molar-refractivity contribution in [2.24, 2.45) is 0 Å². The van der Waals surface area contributed by atoms with Crippen LogP contribution >= 0.6 is 0 Å². The minimum absolute atomic E-state index is 0.231. The lowest BCUT2D eigenvalue weighted by Crippen LogP contribution is -2.44. The van der Waals surface area contributed by atoms with Crippen LogP contribution in [0.1, 0.15) is 32.2 Å². The van der Waals surface area contributed by atoms with Crippen LogP contribution in [0.15, 0.2) is 12.4 Å². The van der Waals surface area contributed by atoms with Gasteiger partial charge in [0.05, 0.1) is 11.4 Å². The van der Waals surface area contributed by atoms with Crippen LogP contribution in [0.5, 0.6) is 0 Å². The maximum Gasteiger partial charge on any atom is 0.0759 e. The van der Waals surface area contributed by atoms with Crippen molar-refractivity contribution in [1.29, 1.82) is 0 Å². The SMILES string of the molecule is CC(C)(C)N1CCc2nccnc2C1. The van der Waals surface area contributed by atoms with Crippen molar-refractivity contribution in [2.75, 3.05) is 6.54 Å². The molecule has 1 aliphatic rings. The predicted octanol–water partition coefficient (Wildman–Crippen LogP) is 1.63. The van der Waals surface area contributed by atoms with Gasteiger partial charge in [-0.1, -0.05) is 0 Å². The number of hydrogen-bond donors (Lipinski definition) is 0. The number of nitrogens with zero attached hydrogens (tertiary/aromatic N) is 3. The van der Waals surface area contributed by atoms with E-state index in [0.717, 1.165) is 25.2 Å². The van der Waals surface area contributed by atoms with E-state index in [1.807, 2.05) is 0 Å². The van der Waals surface area contributed by atoms with Gasteiger partial charge in [0, 0.05) is 37.4 Å². The Morgan fingerprint density at radius 3 is 2.43 bits per heavy atom. The average Bonchev–Trinajstić information content (AvgIpc) is 2.16. The molecule has 0 N–H and O–H groups in total. The van der Waals surface area contributed by atoms with Gasteiger partial charge >= 0.3 is 0 Å². The van der Waals surface area contributed by atoms with Crippen molar-refractivity contribution in [3.63, 3.8) is 0 Å². The molecule has 3 nitrogen and oxygen atoms in total. The van der Waals surface area contributed by atoms with Gasteiger partial charge in [-0.2, -0.15) is 0 Å². The molecule has 1 aromatic heterocycles. The summed E-state index contributed by atoms with van der Waals surface area (Å²) in [4.78, 5) is 11.2. The highest BCUT2D eigenvalue weighted by Gasteiger charge is 2.26. The molecule has 0 fully saturated rings. The summed E-state index contributed by atoms with van der Waals surface area (Å²) < 4.78 is 0. The van der Waals surface area contributed by atoms with Gasteiger partial charge in [-0.25, -0.2) is 0 Å². The summed E-state index contributed by atoms with van der Waals surface area (Å²) in [5.41, 5.74) is 2.55. The lowest BCUT2D eigenvalue weighted by molar-refractivity contribution is 0.117. The Kier molecular flexibility index (Phi) is 2.27. The topological polar surface area (TPSA) is 29.0 Å². The fourth-order valence-electron chi connectivity index (χ4n) is 1.81. The lowest BCUT2D eigenvalue weighted by atomic mass is 10.0. The third kappa shape index (κ3) is 1.77. The van der Waals surface area contributed by atoms with Crippen LogP contribution in [0, 0.1) is 0 Å². The Hall–Kier alpha value is -0.960. The van der Waals surface area contributed by atoms with Gasteiger partial charge in [0.15, 0.2) is 0 Å². The van der Waals surface area contributed by atoms with Crippen LogP contribution < -0.4 is 0 Å². The molecule has 14 heavy (non-hydrogen) atoms. The molecule has 0 atom stereocenters. The fourth-order valence-corrected chi connectivity index (χ4v) is 1.81. The molecule has 1 aliphatic heterocycles. The van der Waals surface area contributed by atoms with E-state index in [9.17, 15) is 0 Å². The largest absolute Gasteiger partial charge is 0.292 e. The standard InChI is InChI=1S/C11H17N3/c1-11(2,3)14-7-4-9-10(8-14)13-6-5-12-9/h5-6H,4,7-8H2,1-3H3. The maximum atomic E-state index is 4.38. The van der Waals surface area contributed by atoms with E-state index in [0.29, 0.717) is 0 Å². The molecule has 0 aliphatic carbocycles. The number of hydrogen-bond acceptors (Lipinski definition) is 3. The molecular formula is C11H17N3. The molecule has 2 heterocycles. The van der Waals surface area contributed by atoms with E-state index in [-0.39, 0.29) is 5.54 Å². The summed E-state index contributed by atoms with van der Waals surface area (Å²) in [6.07, 6.45) is 4.59. The van der Waals surface area contributed by atoms with Crippen molar-refractivity contribution in [3.05, 3.63) is 23.8 Å². The van der Waals surface area contributed by atoms with Gasteiger partial charge in [-0.3, -0.25) is 14.9 Å². The van der Waals surface area contributed by atoms with Crippen LogP contribution in [-0.4, -0.2) is 27.0 Å². The van der Waals surface area contributed by atoms with E-state index in [1.54, 1.807) is 12.4 Å². The first kappa shape index (κ1) is 9.59. The van der Waals surface area contributed by atoms with E-state index in [4.69, 9.17) is 0 Å². The first-order chi connectivity index (χ1) is 6.57. The normalized spacial score (nSPS) is 17.9. The molecule has 0 saturated heterocycles. The zero-order chi connectivity index (χ0) is 10.2. The second kappa shape index (κ2) is 3.31. The molecular weight excluding hydrogens is 174 g/mol. The van der Waals surface area contributed by atoms with Gasteiger partial charge in [0.25, 0.3) is 0 Å². The van der Waals surface area contributed by atoms with Gasteiger partial charge in [0.2, 0.25) is 0 Å². The average molecular weight is 191 g/mol. The number of rotatable bonds is 0. The predicted molar refractivity (Wildman–Crippen MR) is 55.9 cm³/mol. The summed E-state index contributed by atoms with van der Waals surface area (Å²) in [6, 6.07) is 0. The van der Waals surface area contributed by atoms with Crippen LogP contribution in [0.3, 0.4) is 0 Å². The molecule has 3 heteroatoms. The molecule has 1 aromatic rings. The van der Waals surface area contributed by atoms with Gasteiger partial charge in [-0.05, 0) is 20.8 Å². The van der Waals surface area contributed by atoms with Gasteiger partial charge in [-0.15, -0.1) is 0 Å². The van der Waals surface area contributed by atoms with Crippen molar-refractivity contribution < 1.29 is 0 Å². The summed E-state index contributed by atoms with van der Waals surface area (Å²) >= 11 is 0. The quantitative estimate of drug-likeness (QED) is 0.624. The first-order valence-corrected chi connectivity index (χ1v) is 5.11. The highest BCUT2D eigenvalue weighted by atomic mass is 15.2. The lowest BCUT2D eigenvalue weighted by Gasteiger charge is -2.38. The van der Waals surface area contributed by atoms with Crippen molar-refractivity contribution in [3.8, 4) is 0 Å². The Labute approximate surface area is 85.2 Å². The first-order valence-electron chi connectivity index (χ1n) is 5.11. The maximum absolute atomic E-state index is 4.38. The second-order valence-electron chi connectivity index (χ2n) is 4.79. The van der Waals surface area contributed by atoms with E-state index in [1.165, 1.54) is 5.69 Å². The molecule has 0 aromatic carbocycles. The molecule has 0 saturated carbocycles. The Morgan fingerprint density at radius 2 is 1.79 bits per heavy atom. The fraction of sp³-hybridized carbons (Fsp3) is 0.636. The Morgan fingerprint density at radius 1 is 1.14 bits per heavy atom. The Balaban J connectivity index is 2.22. The summed E-state index contributed by atoms with van der Waals surface area (Å²) in [5.74, 6) is 0. The smallest absolute Gasteiger partial charge is 0.0759 e. The molecule has 0 radical (unpaired) electrons. The van der Waals surface area contributed by atoms with Crippen LogP contribution in [-0.2, 0) is 13.0 Å². The molecule has 0 spiro atoms. The molecule has 2 rings (SSSR count). The zero-order valence-corrected chi connectivity index (χ0v) is 9.12. The number of aromatic nitrogens is 2. The van der Waals surface area contributed by atoms with E-state index in [2.05, 4.69) is 35.6 Å². The van der Waals surface area contributed by atoms with Gasteiger partial charge in [0.1, 0.15) is 0 Å². The van der Waals surface area contributed by atoms with E-state index < -0.39 is 0 Å². The minimum atomic E-state index is 0.231. The second-order valence-corrected chi connectivity index (χ2v) is 4.79. The summed E-state index contributed by atoms with van der Waals surface area (Å²) in [5, 5.41) is 0. The van der Waals surface area contributed by atoms with Crippen molar-refractivity contribution in [1.82, 2.24) is 14.9 Å². The molecule has 0 amide bonds. The molecule has 76 valence electrons. The molecule has 0 bridgehead atoms. The van der Waals surface area contributed by atoms with Crippen LogP contribution in [0.2, 0.25) is 0 Å². The zero-order valence-electron chi connectivity index (χ0n) is 9.12. The van der Waals surface area contributed by atoms with E-state index >= 15 is 0 Å². The number of fused-ring (bicyclic) bond motifs is 1. The highest BCUT2D eigenvalue weighted by Crippen LogP contribution is 2.21. The monoisotopic (exact) mass is 191 g/mol. The van der Waals surface area contributed by atoms with Crippen LogP contribution in [0.25, 0.3) is 0 Å². The third-order valence-corrected chi connectivity index (χ3v) is 2.77. The minimum Gasteiger partial charge on any atom is -0.292 e. The van der Waals surface area contributed by atoms with Gasteiger partial charge < -0.3 is 0 Å². The third-order valence-electron chi connectivity index (χ3n) is 2.77. The molecule has 0 unspecified atom stereocenters. The van der Waals surface area contributed by atoms with Crippen molar-refractivity contribution in [2.45, 2.75) is 39.3 Å². The van der Waals surface area contributed by atoms with Crippen molar-refractivity contribution >= 4 is 0 Å². The summed E-state index contributed by atoms with van der Waals surface area (Å²) in [6.45, 7) is 8.76. The highest BCUT2D eigenvalue weighted by molar-refractivity contribution is 5.14. The Bertz CT molecular complexity index is 328. The van der Waals surface area contributed by atoms with Crippen LogP contribution in [0.4, 0.5) is 0 Å².